The number of nitrogens with one attached hydrogen (secondary N) is 2. The maximum atomic E-state index is 13.9. The van der Waals surface area contributed by atoms with Gasteiger partial charge in [0.05, 0.1) is 32.7 Å². The number of anilines is 1. The molecule has 3 rings (SSSR count). The Balaban J connectivity index is 2.24. The minimum absolute atomic E-state index is 0.0525. The van der Waals surface area contributed by atoms with Gasteiger partial charge in [0, 0.05) is 24.4 Å². The van der Waals surface area contributed by atoms with Gasteiger partial charge in [0.2, 0.25) is 0 Å². The number of amides is 3. The summed E-state index contributed by atoms with van der Waals surface area (Å²) in [6, 6.07) is 8.15. The van der Waals surface area contributed by atoms with Gasteiger partial charge in [-0.15, -0.1) is 0 Å². The quantitative estimate of drug-likeness (QED) is 0.305. The van der Waals surface area contributed by atoms with Gasteiger partial charge in [0.15, 0.2) is 0 Å². The molecule has 4 N–H and O–H groups in total. The van der Waals surface area contributed by atoms with Gasteiger partial charge in [-0.2, -0.15) is 0 Å². The molecular weight excluding hydrogens is 521 g/mol. The Hall–Kier alpha value is -3.34. The van der Waals surface area contributed by atoms with Crippen LogP contribution in [0.5, 0.6) is 0 Å². The molecule has 198 valence electrons. The number of urea groups is 1. The lowest BCUT2D eigenvalue weighted by Crippen LogP contribution is -2.47. The summed E-state index contributed by atoms with van der Waals surface area (Å²) >= 11 is 12.7. The smallest absolute Gasteiger partial charge is 0.408 e. The zero-order valence-corrected chi connectivity index (χ0v) is 22.4. The van der Waals surface area contributed by atoms with Crippen LogP contribution in [-0.4, -0.2) is 55.5 Å². The van der Waals surface area contributed by atoms with E-state index in [0.717, 1.165) is 0 Å². The third-order valence-corrected chi connectivity index (χ3v) is 6.24. The number of nitrogens with zero attached hydrogens (tertiary/aromatic N) is 3. The molecule has 0 fully saturated rings. The molecule has 3 amide bonds. The van der Waals surface area contributed by atoms with E-state index >= 15 is 0 Å². The molecule has 0 bridgehead atoms. The standard InChI is InChI=1S/C25H29Cl2N5O5/c1-14(32(24(36)37)25(2,3)4)21-30-20-18(27)10-9-17(26)19(20)22(34)31(21)16-8-5-7-15(13-16)29-23(35)28-11-6-12-33/h5,7-10,13-14,33H,6,11-12H2,1-4H3,(H,36,37)(H2,28,29,35)/t14-/m0/s1. The maximum absolute atomic E-state index is 13.9. The SMILES string of the molecule is C[C@@H](c1nc2c(Cl)ccc(Cl)c2c(=O)n1-c1cccc(NC(=O)NCCCO)c1)N(C(=O)O)C(C)(C)C. The number of fused-ring (bicyclic) bond motifs is 1. The number of rotatable bonds is 7. The van der Waals surface area contributed by atoms with Crippen LogP contribution in [0.4, 0.5) is 15.3 Å². The second-order valence-corrected chi connectivity index (χ2v) is 10.2. The molecular formula is C25H29Cl2N5O5. The number of halogens is 2. The summed E-state index contributed by atoms with van der Waals surface area (Å²) in [6.07, 6.45) is -0.780. The van der Waals surface area contributed by atoms with Crippen molar-refractivity contribution in [2.24, 2.45) is 0 Å². The van der Waals surface area contributed by atoms with E-state index in [9.17, 15) is 19.5 Å². The van der Waals surface area contributed by atoms with Crippen LogP contribution in [0.15, 0.2) is 41.2 Å². The molecule has 0 aliphatic rings. The summed E-state index contributed by atoms with van der Waals surface area (Å²) in [5.74, 6) is 0.128. The number of benzene rings is 2. The van der Waals surface area contributed by atoms with E-state index in [1.165, 1.54) is 21.6 Å². The van der Waals surface area contributed by atoms with E-state index in [1.807, 2.05) is 0 Å². The number of aliphatic hydroxyl groups excluding tert-OH is 1. The van der Waals surface area contributed by atoms with E-state index < -0.39 is 29.3 Å². The number of aromatic nitrogens is 2. The van der Waals surface area contributed by atoms with E-state index in [1.54, 1.807) is 52.0 Å². The van der Waals surface area contributed by atoms with Crippen LogP contribution in [0.25, 0.3) is 16.6 Å². The Labute approximate surface area is 223 Å². The van der Waals surface area contributed by atoms with Crippen molar-refractivity contribution in [2.75, 3.05) is 18.5 Å². The average molecular weight is 550 g/mol. The van der Waals surface area contributed by atoms with Crippen LogP contribution in [-0.2, 0) is 0 Å². The number of aliphatic hydroxyl groups is 1. The highest BCUT2D eigenvalue weighted by molar-refractivity contribution is 6.39. The molecule has 0 aliphatic carbocycles. The van der Waals surface area contributed by atoms with Crippen molar-refractivity contribution in [2.45, 2.75) is 45.7 Å². The predicted octanol–water partition coefficient (Wildman–Crippen LogP) is 5.04. The Bertz CT molecular complexity index is 1390. The fraction of sp³-hybridized carbons (Fsp3) is 0.360. The number of carboxylic acid groups (broad SMARTS) is 1. The van der Waals surface area contributed by atoms with Crippen molar-refractivity contribution in [1.29, 1.82) is 0 Å². The van der Waals surface area contributed by atoms with Crippen LogP contribution in [0.1, 0.15) is 46.0 Å². The van der Waals surface area contributed by atoms with Gasteiger partial charge in [0.1, 0.15) is 5.82 Å². The topological polar surface area (TPSA) is 137 Å². The minimum atomic E-state index is -1.19. The largest absolute Gasteiger partial charge is 0.465 e. The van der Waals surface area contributed by atoms with Crippen molar-refractivity contribution in [3.05, 3.63) is 62.6 Å². The Morgan fingerprint density at radius 1 is 1.16 bits per heavy atom. The van der Waals surface area contributed by atoms with E-state index in [2.05, 4.69) is 15.6 Å². The fourth-order valence-electron chi connectivity index (χ4n) is 4.09. The van der Waals surface area contributed by atoms with E-state index in [0.29, 0.717) is 17.8 Å². The first-order valence-electron chi connectivity index (χ1n) is 11.6. The summed E-state index contributed by atoms with van der Waals surface area (Å²) in [7, 11) is 0. The molecule has 1 heterocycles. The van der Waals surface area contributed by atoms with Gasteiger partial charge in [-0.1, -0.05) is 29.3 Å². The third kappa shape index (κ3) is 6.15. The zero-order chi connectivity index (χ0) is 27.5. The van der Waals surface area contributed by atoms with Crippen LogP contribution < -0.4 is 16.2 Å². The molecule has 10 nitrogen and oxygen atoms in total. The number of carbonyl (C=O) groups excluding carboxylic acids is 1. The molecule has 0 spiro atoms. The third-order valence-electron chi connectivity index (χ3n) is 5.62. The number of hydrogen-bond donors (Lipinski definition) is 4. The molecule has 2 aromatic carbocycles. The van der Waals surface area contributed by atoms with Gasteiger partial charge in [-0.05, 0) is 64.4 Å². The number of carbonyl (C=O) groups is 2. The van der Waals surface area contributed by atoms with E-state index in [-0.39, 0.29) is 39.9 Å². The molecule has 0 aliphatic heterocycles. The summed E-state index contributed by atoms with van der Waals surface area (Å²) in [5.41, 5.74) is -0.480. The molecule has 0 unspecified atom stereocenters. The van der Waals surface area contributed by atoms with Crippen molar-refractivity contribution in [1.82, 2.24) is 19.8 Å². The highest BCUT2D eigenvalue weighted by Gasteiger charge is 2.35. The summed E-state index contributed by atoms with van der Waals surface area (Å²) in [6.45, 7) is 7.09. The second-order valence-electron chi connectivity index (χ2n) is 9.37. The molecule has 1 atom stereocenters. The van der Waals surface area contributed by atoms with Crippen molar-refractivity contribution < 1.29 is 19.8 Å². The van der Waals surface area contributed by atoms with Crippen molar-refractivity contribution in [3.63, 3.8) is 0 Å². The Morgan fingerprint density at radius 2 is 1.84 bits per heavy atom. The lowest BCUT2D eigenvalue weighted by atomic mass is 10.0. The average Bonchev–Trinajstić information content (AvgIpc) is 2.80. The fourth-order valence-corrected chi connectivity index (χ4v) is 4.53. The second kappa shape index (κ2) is 11.4. The normalized spacial score (nSPS) is 12.3. The zero-order valence-electron chi connectivity index (χ0n) is 20.9. The van der Waals surface area contributed by atoms with Crippen LogP contribution >= 0.6 is 23.2 Å². The molecule has 0 radical (unpaired) electrons. The van der Waals surface area contributed by atoms with Gasteiger partial charge in [-0.25, -0.2) is 14.6 Å². The lowest BCUT2D eigenvalue weighted by molar-refractivity contribution is 0.0719. The maximum Gasteiger partial charge on any atom is 0.408 e. The van der Waals surface area contributed by atoms with Crippen molar-refractivity contribution in [3.8, 4) is 5.69 Å². The van der Waals surface area contributed by atoms with Crippen LogP contribution in [0.3, 0.4) is 0 Å². The molecule has 12 heteroatoms. The Morgan fingerprint density at radius 3 is 2.46 bits per heavy atom. The molecule has 1 aromatic heterocycles. The number of hydrogen-bond acceptors (Lipinski definition) is 5. The Kier molecular flexibility index (Phi) is 8.68. The van der Waals surface area contributed by atoms with E-state index in [4.69, 9.17) is 28.3 Å². The first-order valence-corrected chi connectivity index (χ1v) is 12.3. The first kappa shape index (κ1) is 28.2. The molecule has 37 heavy (non-hydrogen) atoms. The van der Waals surface area contributed by atoms with Gasteiger partial charge in [-0.3, -0.25) is 14.3 Å². The van der Waals surface area contributed by atoms with Crippen LogP contribution in [0, 0.1) is 0 Å². The predicted molar refractivity (Wildman–Crippen MR) is 144 cm³/mol. The molecule has 0 saturated heterocycles. The van der Waals surface area contributed by atoms with Crippen molar-refractivity contribution >= 4 is 51.9 Å². The van der Waals surface area contributed by atoms with Gasteiger partial charge in [0.25, 0.3) is 5.56 Å². The monoisotopic (exact) mass is 549 g/mol. The molecule has 0 saturated carbocycles. The van der Waals surface area contributed by atoms with Crippen LogP contribution in [0.2, 0.25) is 10.0 Å². The lowest BCUT2D eigenvalue weighted by Gasteiger charge is -2.38. The summed E-state index contributed by atoms with van der Waals surface area (Å²) in [5, 5.41) is 24.6. The van der Waals surface area contributed by atoms with Gasteiger partial charge >= 0.3 is 12.1 Å². The highest BCUT2D eigenvalue weighted by Crippen LogP contribution is 2.32. The first-order chi connectivity index (χ1) is 17.4. The summed E-state index contributed by atoms with van der Waals surface area (Å²) < 4.78 is 1.28. The molecule has 3 aromatic rings. The highest BCUT2D eigenvalue weighted by atomic mass is 35.5. The van der Waals surface area contributed by atoms with Gasteiger partial charge < -0.3 is 20.8 Å². The minimum Gasteiger partial charge on any atom is -0.465 e. The summed E-state index contributed by atoms with van der Waals surface area (Å²) in [4.78, 5) is 44.2.